The van der Waals surface area contributed by atoms with Crippen molar-refractivity contribution >= 4 is 17.4 Å². The highest BCUT2D eigenvalue weighted by molar-refractivity contribution is 5.83. The zero-order chi connectivity index (χ0) is 17.6. The first kappa shape index (κ1) is 16.3. The van der Waals surface area contributed by atoms with E-state index in [2.05, 4.69) is 20.2 Å². The molecule has 134 valence electrons. The van der Waals surface area contributed by atoms with Crippen molar-refractivity contribution in [3.8, 4) is 0 Å². The summed E-state index contributed by atoms with van der Waals surface area (Å²) in [6.07, 6.45) is 2.92. The van der Waals surface area contributed by atoms with Crippen LogP contribution in [-0.2, 0) is 4.79 Å². The fourth-order valence-corrected chi connectivity index (χ4v) is 3.90. The molecule has 0 saturated carbocycles. The van der Waals surface area contributed by atoms with Crippen molar-refractivity contribution in [2.45, 2.75) is 31.2 Å². The third-order valence-electron chi connectivity index (χ3n) is 5.47. The van der Waals surface area contributed by atoms with Crippen LogP contribution in [0.3, 0.4) is 0 Å². The molecule has 0 aromatic carbocycles. The molecule has 1 amide bonds. The zero-order valence-corrected chi connectivity index (χ0v) is 15.1. The smallest absolute Gasteiger partial charge is 0.239 e. The lowest BCUT2D eigenvalue weighted by Crippen LogP contribution is -2.45. The van der Waals surface area contributed by atoms with Crippen LogP contribution in [0.4, 0.5) is 5.82 Å². The quantitative estimate of drug-likeness (QED) is 0.813. The van der Waals surface area contributed by atoms with Gasteiger partial charge in [-0.2, -0.15) is 4.52 Å². The summed E-state index contributed by atoms with van der Waals surface area (Å²) in [6, 6.07) is 3.99. The summed E-state index contributed by atoms with van der Waals surface area (Å²) in [5.74, 6) is 2.44. The van der Waals surface area contributed by atoms with E-state index >= 15 is 0 Å². The van der Waals surface area contributed by atoms with Crippen molar-refractivity contribution in [1.29, 1.82) is 0 Å². The molecule has 4 rings (SSSR count). The van der Waals surface area contributed by atoms with Gasteiger partial charge in [0.1, 0.15) is 5.82 Å². The fourth-order valence-electron chi connectivity index (χ4n) is 3.90. The topological polar surface area (TPSA) is 69.9 Å². The SMILES string of the molecule is CN1CCC(N2CCC(c3nnc4ccc(N(C)C)nn34)CC2)C1=O. The maximum atomic E-state index is 12.2. The number of fused-ring (bicyclic) bond motifs is 1. The monoisotopic (exact) mass is 343 g/mol. The molecule has 8 heteroatoms. The molecular weight excluding hydrogens is 318 g/mol. The normalized spacial score (nSPS) is 22.9. The van der Waals surface area contributed by atoms with Crippen molar-refractivity contribution in [2.75, 3.05) is 45.7 Å². The summed E-state index contributed by atoms with van der Waals surface area (Å²) in [6.45, 7) is 2.73. The molecule has 0 bridgehead atoms. The van der Waals surface area contributed by atoms with E-state index in [1.165, 1.54) is 0 Å². The van der Waals surface area contributed by atoms with Crippen LogP contribution in [0.5, 0.6) is 0 Å². The van der Waals surface area contributed by atoms with Crippen LogP contribution in [0.1, 0.15) is 31.0 Å². The first-order chi connectivity index (χ1) is 12.0. The van der Waals surface area contributed by atoms with E-state index in [9.17, 15) is 4.79 Å². The summed E-state index contributed by atoms with van der Waals surface area (Å²) in [5, 5.41) is 13.3. The number of hydrogen-bond acceptors (Lipinski definition) is 6. The Labute approximate surface area is 147 Å². The van der Waals surface area contributed by atoms with E-state index in [1.807, 2.05) is 47.6 Å². The van der Waals surface area contributed by atoms with E-state index in [1.54, 1.807) is 0 Å². The second kappa shape index (κ2) is 6.25. The predicted octanol–water partition coefficient (Wildman–Crippen LogP) is 0.600. The van der Waals surface area contributed by atoms with Gasteiger partial charge in [-0.1, -0.05) is 0 Å². The molecule has 0 N–H and O–H groups in total. The highest BCUT2D eigenvalue weighted by Gasteiger charge is 2.36. The van der Waals surface area contributed by atoms with Crippen LogP contribution in [0.15, 0.2) is 12.1 Å². The molecule has 2 aliphatic rings. The molecule has 0 radical (unpaired) electrons. The third-order valence-corrected chi connectivity index (χ3v) is 5.47. The average Bonchev–Trinajstić information content (AvgIpc) is 3.18. The average molecular weight is 343 g/mol. The molecule has 2 aromatic rings. The van der Waals surface area contributed by atoms with Crippen molar-refractivity contribution in [2.24, 2.45) is 0 Å². The first-order valence-electron chi connectivity index (χ1n) is 8.93. The van der Waals surface area contributed by atoms with Gasteiger partial charge in [-0.3, -0.25) is 9.69 Å². The van der Waals surface area contributed by atoms with E-state index in [0.717, 1.165) is 56.2 Å². The number of piperidine rings is 1. The predicted molar refractivity (Wildman–Crippen MR) is 94.7 cm³/mol. The number of carbonyl (C=O) groups is 1. The Morgan fingerprint density at radius 1 is 1.08 bits per heavy atom. The number of likely N-dealkylation sites (tertiary alicyclic amines) is 2. The summed E-state index contributed by atoms with van der Waals surface area (Å²) in [4.78, 5) is 18.4. The summed E-state index contributed by atoms with van der Waals surface area (Å²) in [7, 11) is 5.85. The van der Waals surface area contributed by atoms with Crippen molar-refractivity contribution in [3.63, 3.8) is 0 Å². The van der Waals surface area contributed by atoms with Gasteiger partial charge in [0.2, 0.25) is 5.91 Å². The third kappa shape index (κ3) is 2.84. The van der Waals surface area contributed by atoms with Gasteiger partial charge in [0, 0.05) is 33.6 Å². The molecule has 1 atom stereocenters. The van der Waals surface area contributed by atoms with Crippen LogP contribution in [0, 0.1) is 0 Å². The summed E-state index contributed by atoms with van der Waals surface area (Å²) >= 11 is 0. The molecule has 4 heterocycles. The second-order valence-electron chi connectivity index (χ2n) is 7.29. The molecule has 0 spiro atoms. The van der Waals surface area contributed by atoms with Gasteiger partial charge in [0.05, 0.1) is 6.04 Å². The highest BCUT2D eigenvalue weighted by Crippen LogP contribution is 2.29. The van der Waals surface area contributed by atoms with Gasteiger partial charge >= 0.3 is 0 Å². The van der Waals surface area contributed by atoms with Gasteiger partial charge in [-0.05, 0) is 44.5 Å². The van der Waals surface area contributed by atoms with Crippen LogP contribution < -0.4 is 4.90 Å². The molecule has 0 aliphatic carbocycles. The molecular formula is C17H25N7O. The Morgan fingerprint density at radius 2 is 1.84 bits per heavy atom. The number of hydrogen-bond donors (Lipinski definition) is 0. The molecule has 2 saturated heterocycles. The maximum absolute atomic E-state index is 12.2. The molecule has 2 aliphatic heterocycles. The Bertz CT molecular complexity index is 778. The van der Waals surface area contributed by atoms with Gasteiger partial charge < -0.3 is 9.80 Å². The molecule has 8 nitrogen and oxygen atoms in total. The first-order valence-corrected chi connectivity index (χ1v) is 8.93. The summed E-state index contributed by atoms with van der Waals surface area (Å²) < 4.78 is 1.88. The Morgan fingerprint density at radius 3 is 2.48 bits per heavy atom. The zero-order valence-electron chi connectivity index (χ0n) is 15.1. The van der Waals surface area contributed by atoms with Gasteiger partial charge in [-0.15, -0.1) is 15.3 Å². The number of anilines is 1. The lowest BCUT2D eigenvalue weighted by molar-refractivity contribution is -0.131. The van der Waals surface area contributed by atoms with Crippen molar-refractivity contribution in [1.82, 2.24) is 29.6 Å². The fraction of sp³-hybridized carbons (Fsp3) is 0.647. The van der Waals surface area contributed by atoms with Crippen LogP contribution in [0.2, 0.25) is 0 Å². The standard InChI is InChI=1S/C17H25N7O/c1-21(2)15-5-4-14-18-19-16(24(14)20-15)12-6-10-23(11-7-12)13-8-9-22(3)17(13)25/h4-5,12-13H,6-11H2,1-3H3. The number of nitrogens with zero attached hydrogens (tertiary/aromatic N) is 7. The minimum atomic E-state index is 0.0690. The van der Waals surface area contributed by atoms with E-state index in [4.69, 9.17) is 0 Å². The second-order valence-corrected chi connectivity index (χ2v) is 7.29. The highest BCUT2D eigenvalue weighted by atomic mass is 16.2. The van der Waals surface area contributed by atoms with Crippen molar-refractivity contribution < 1.29 is 4.79 Å². The Kier molecular flexibility index (Phi) is 4.07. The molecule has 1 unspecified atom stereocenters. The van der Waals surface area contributed by atoms with Crippen LogP contribution in [-0.4, -0.2) is 82.3 Å². The molecule has 2 fully saturated rings. The lowest BCUT2D eigenvalue weighted by Gasteiger charge is -2.34. The van der Waals surface area contributed by atoms with E-state index in [0.29, 0.717) is 5.92 Å². The van der Waals surface area contributed by atoms with Crippen molar-refractivity contribution in [3.05, 3.63) is 18.0 Å². The van der Waals surface area contributed by atoms with Gasteiger partial charge in [0.15, 0.2) is 11.5 Å². The molecule has 25 heavy (non-hydrogen) atoms. The Balaban J connectivity index is 1.50. The van der Waals surface area contributed by atoms with Crippen LogP contribution >= 0.6 is 0 Å². The summed E-state index contributed by atoms with van der Waals surface area (Å²) in [5.41, 5.74) is 0.788. The molecule has 2 aromatic heterocycles. The van der Waals surface area contributed by atoms with Crippen LogP contribution in [0.25, 0.3) is 5.65 Å². The van der Waals surface area contributed by atoms with E-state index in [-0.39, 0.29) is 11.9 Å². The Hall–Kier alpha value is -2.22. The number of likely N-dealkylation sites (N-methyl/N-ethyl adjacent to an activating group) is 1. The number of rotatable bonds is 3. The maximum Gasteiger partial charge on any atom is 0.239 e. The minimum Gasteiger partial charge on any atom is -0.361 e. The van der Waals surface area contributed by atoms with Gasteiger partial charge in [-0.25, -0.2) is 0 Å². The van der Waals surface area contributed by atoms with Gasteiger partial charge in [0.25, 0.3) is 0 Å². The number of aromatic nitrogens is 4. The lowest BCUT2D eigenvalue weighted by atomic mass is 9.95. The van der Waals surface area contributed by atoms with E-state index < -0.39 is 0 Å². The number of amides is 1. The number of carbonyl (C=O) groups excluding carboxylic acids is 1. The largest absolute Gasteiger partial charge is 0.361 e. The minimum absolute atomic E-state index is 0.0690.